The summed E-state index contributed by atoms with van der Waals surface area (Å²) in [7, 11) is 3.60. The second kappa shape index (κ2) is 1.98. The van der Waals surface area contributed by atoms with Crippen molar-refractivity contribution >= 4 is 23.8 Å². The second-order valence-corrected chi connectivity index (χ2v) is 3.30. The fourth-order valence-electron chi connectivity index (χ4n) is 0. The normalized spacial score (nSPS) is 5.75. The summed E-state index contributed by atoms with van der Waals surface area (Å²) in [4.78, 5) is 0. The van der Waals surface area contributed by atoms with Gasteiger partial charge in [-0.2, -0.15) is 0 Å². The van der Waals surface area contributed by atoms with Crippen molar-refractivity contribution in [2.45, 2.75) is 0 Å². The van der Waals surface area contributed by atoms with E-state index in [0.717, 1.165) is 0 Å². The van der Waals surface area contributed by atoms with Gasteiger partial charge in [-0.1, -0.05) is 0 Å². The van der Waals surface area contributed by atoms with Gasteiger partial charge >= 0.3 is 30.1 Å². The topological polar surface area (TPSA) is 0 Å². The van der Waals surface area contributed by atoms with Crippen LogP contribution in [0.15, 0.2) is 0 Å². The van der Waals surface area contributed by atoms with Gasteiger partial charge in [0.05, 0.1) is 0 Å². The summed E-state index contributed by atoms with van der Waals surface area (Å²) < 4.78 is 0. The SMILES string of the molecule is [B]=S(C)#P. The quantitative estimate of drug-likeness (QED) is 0.310. The van der Waals surface area contributed by atoms with E-state index in [-0.39, 0.29) is 9.30 Å². The fourth-order valence-corrected chi connectivity index (χ4v) is 0. The van der Waals surface area contributed by atoms with E-state index < -0.39 is 0 Å². The molecule has 0 aromatic heterocycles. The van der Waals surface area contributed by atoms with Crippen LogP contribution >= 0.6 is 17.1 Å². The molecule has 0 fully saturated rings. The Hall–Kier alpha value is 0.715. The van der Waals surface area contributed by atoms with Crippen molar-refractivity contribution in [3.63, 3.8) is 0 Å². The van der Waals surface area contributed by atoms with Crippen LogP contribution in [0.4, 0.5) is 0 Å². The molecule has 4 heavy (non-hydrogen) atoms. The Bertz CT molecular complexity index is 98.2. The molecule has 0 amide bonds. The predicted molar refractivity (Wildman–Crippen MR) is 26.2 cm³/mol. The van der Waals surface area contributed by atoms with Gasteiger partial charge in [0.25, 0.3) is 0 Å². The summed E-state index contributed by atoms with van der Waals surface area (Å²) in [6.07, 6.45) is 1.84. The van der Waals surface area contributed by atoms with Gasteiger partial charge in [-0.15, -0.1) is 0 Å². The second-order valence-electron chi connectivity index (χ2n) is 0.524. The molecule has 0 rings (SSSR count). The van der Waals surface area contributed by atoms with E-state index in [4.69, 9.17) is 6.72 Å². The first-order valence-electron chi connectivity index (χ1n) is 0.827. The van der Waals surface area contributed by atoms with Gasteiger partial charge < -0.3 is 0 Å². The molecule has 0 unspecified atom stereocenters. The third-order valence-electron chi connectivity index (χ3n) is 0. The molecule has 0 aromatic rings. The minimum absolute atomic E-state index is 0.167. The van der Waals surface area contributed by atoms with Gasteiger partial charge in [0.15, 0.2) is 0 Å². The molecule has 0 spiro atoms. The molecule has 0 N–H and O–H groups in total. The van der Waals surface area contributed by atoms with E-state index in [1.807, 2.05) is 6.26 Å². The summed E-state index contributed by atoms with van der Waals surface area (Å²) >= 11 is 0. The Morgan fingerprint density at radius 2 is 2.00 bits per heavy atom. The van der Waals surface area contributed by atoms with Crippen LogP contribution in [0.2, 0.25) is 0 Å². The summed E-state index contributed by atoms with van der Waals surface area (Å²) in [5.74, 6) is 0. The molecule has 0 bridgehead atoms. The molecule has 0 aliphatic rings. The average molecular weight is 88.9 g/mol. The van der Waals surface area contributed by atoms with Gasteiger partial charge in [-0.25, -0.2) is 0 Å². The Kier molecular flexibility index (Phi) is 2.34. The standard InChI is InChI=1S/CH3BPS/c1-4(2)3/h1H3. The Morgan fingerprint density at radius 1 is 2.00 bits per heavy atom. The number of rotatable bonds is 0. The van der Waals surface area contributed by atoms with Crippen molar-refractivity contribution in [3.8, 4) is 0 Å². The molecule has 0 saturated carbocycles. The van der Waals surface area contributed by atoms with Crippen LogP contribution in [0.25, 0.3) is 0 Å². The van der Waals surface area contributed by atoms with Crippen molar-refractivity contribution in [1.29, 1.82) is 0 Å². The molecule has 0 heterocycles. The van der Waals surface area contributed by atoms with E-state index in [0.29, 0.717) is 0 Å². The van der Waals surface area contributed by atoms with Crippen LogP contribution < -0.4 is 0 Å². The number of hydrogen-bond acceptors (Lipinski definition) is 0. The Morgan fingerprint density at radius 3 is 2.00 bits per heavy atom. The summed E-state index contributed by atoms with van der Waals surface area (Å²) in [5.41, 5.74) is 0. The number of hydrogen-bond donors (Lipinski definition) is 0. The van der Waals surface area contributed by atoms with E-state index in [1.165, 1.54) is 0 Å². The third kappa shape index (κ3) is 15.6. The van der Waals surface area contributed by atoms with E-state index in [2.05, 4.69) is 7.81 Å². The van der Waals surface area contributed by atoms with Crippen molar-refractivity contribution in [3.05, 3.63) is 0 Å². The summed E-state index contributed by atoms with van der Waals surface area (Å²) in [6.45, 7) is 5.00. The first kappa shape index (κ1) is 4.71. The van der Waals surface area contributed by atoms with Crippen LogP contribution in [0.1, 0.15) is 0 Å². The van der Waals surface area contributed by atoms with Gasteiger partial charge in [0.2, 0.25) is 0 Å². The molecule has 0 aromatic carbocycles. The Balaban J connectivity index is 3.85. The van der Waals surface area contributed by atoms with Gasteiger partial charge in [-0.3, -0.25) is 0 Å². The molecule has 0 aliphatic heterocycles. The van der Waals surface area contributed by atoms with E-state index in [1.54, 1.807) is 0 Å². The predicted octanol–water partition coefficient (Wildman–Crippen LogP) is 1.29. The maximum absolute atomic E-state index is 5.00. The van der Waals surface area contributed by atoms with Gasteiger partial charge in [0, 0.05) is 0 Å². The first-order chi connectivity index (χ1) is 1.73. The summed E-state index contributed by atoms with van der Waals surface area (Å²) in [6, 6.07) is 0. The fraction of sp³-hybridized carbons (Fsp3) is 1.00. The van der Waals surface area contributed by atoms with Crippen LogP contribution in [-0.2, 0) is 0 Å². The molecule has 0 atom stereocenters. The minimum atomic E-state index is -0.167. The maximum atomic E-state index is 5.00. The van der Waals surface area contributed by atoms with Gasteiger partial charge in [-0.05, 0) is 0 Å². The molecular formula is CH3BPS. The molecule has 0 saturated heterocycles. The molecule has 0 aliphatic carbocycles. The van der Waals surface area contributed by atoms with E-state index in [9.17, 15) is 0 Å². The van der Waals surface area contributed by atoms with Crippen molar-refractivity contribution in [2.24, 2.45) is 0 Å². The van der Waals surface area contributed by atoms with Crippen LogP contribution in [0.3, 0.4) is 0 Å². The van der Waals surface area contributed by atoms with Crippen molar-refractivity contribution in [2.75, 3.05) is 6.26 Å². The molecule has 1 radical (unpaired) electrons. The monoisotopic (exact) mass is 89.0 g/mol. The van der Waals surface area contributed by atoms with Crippen LogP contribution in [0.5, 0.6) is 0 Å². The zero-order valence-corrected chi connectivity index (χ0v) is 4.14. The van der Waals surface area contributed by atoms with Crippen molar-refractivity contribution < 1.29 is 0 Å². The van der Waals surface area contributed by atoms with Crippen molar-refractivity contribution in [1.82, 2.24) is 0 Å². The third-order valence-corrected chi connectivity index (χ3v) is 0. The molecule has 0 nitrogen and oxygen atoms in total. The van der Waals surface area contributed by atoms with Gasteiger partial charge in [0.1, 0.15) is 0 Å². The summed E-state index contributed by atoms with van der Waals surface area (Å²) in [5, 5.41) is 0. The molecule has 21 valence electrons. The van der Waals surface area contributed by atoms with Crippen LogP contribution in [-0.4, -0.2) is 13.0 Å². The zero-order chi connectivity index (χ0) is 3.58. The van der Waals surface area contributed by atoms with Crippen LogP contribution in [0, 0.1) is 0 Å². The van der Waals surface area contributed by atoms with E-state index >= 15 is 0 Å². The zero-order valence-electron chi connectivity index (χ0n) is 2.43. The average Bonchev–Trinajstić information content (AvgIpc) is 0.811. The molecular weight excluding hydrogens is 85.9 g/mol. The first-order valence-corrected chi connectivity index (χ1v) is 3.58. The Labute approximate surface area is 30.9 Å². The molecule has 3 heteroatoms.